The van der Waals surface area contributed by atoms with Crippen LogP contribution in [0.5, 0.6) is 11.5 Å². The maximum absolute atomic E-state index is 12.1. The van der Waals surface area contributed by atoms with Crippen LogP contribution in [0.15, 0.2) is 42.5 Å². The van der Waals surface area contributed by atoms with E-state index in [1.807, 2.05) is 50.2 Å². The van der Waals surface area contributed by atoms with E-state index in [4.69, 9.17) is 14.2 Å². The third-order valence-corrected chi connectivity index (χ3v) is 5.04. The maximum atomic E-state index is 12.1. The van der Waals surface area contributed by atoms with Crippen LogP contribution in [0.25, 0.3) is 0 Å². The second kappa shape index (κ2) is 9.73. The Morgan fingerprint density at radius 2 is 1.77 bits per heavy atom. The fourth-order valence-electron chi connectivity index (χ4n) is 3.57. The highest BCUT2D eigenvalue weighted by atomic mass is 16.6. The molecule has 0 atom stereocenters. The van der Waals surface area contributed by atoms with Gasteiger partial charge in [-0.1, -0.05) is 12.1 Å². The van der Waals surface area contributed by atoms with E-state index >= 15 is 0 Å². The summed E-state index contributed by atoms with van der Waals surface area (Å²) in [6, 6.07) is 13.1. The monoisotopic (exact) mass is 426 g/mol. The van der Waals surface area contributed by atoms with Gasteiger partial charge in [0.25, 0.3) is 5.91 Å². The lowest BCUT2D eigenvalue weighted by molar-refractivity contribution is -0.149. The molecule has 0 saturated heterocycles. The van der Waals surface area contributed by atoms with Crippen LogP contribution in [0.4, 0.5) is 11.4 Å². The molecular weight excluding hydrogens is 396 g/mol. The summed E-state index contributed by atoms with van der Waals surface area (Å²) < 4.78 is 16.5. The molecule has 3 rings (SSSR count). The zero-order chi connectivity index (χ0) is 22.4. The van der Waals surface area contributed by atoms with Gasteiger partial charge < -0.3 is 24.4 Å². The summed E-state index contributed by atoms with van der Waals surface area (Å²) in [4.78, 5) is 26.3. The molecule has 0 spiro atoms. The summed E-state index contributed by atoms with van der Waals surface area (Å²) in [7, 11) is 0. The number of fused-ring (bicyclic) bond motifs is 1. The van der Waals surface area contributed by atoms with Gasteiger partial charge in [0.05, 0.1) is 0 Å². The number of para-hydroxylation sites is 1. The molecule has 2 aromatic carbocycles. The highest BCUT2D eigenvalue weighted by Crippen LogP contribution is 2.41. The molecule has 7 nitrogen and oxygen atoms in total. The topological polar surface area (TPSA) is 77.1 Å². The van der Waals surface area contributed by atoms with Crippen molar-refractivity contribution in [2.45, 2.75) is 39.7 Å². The first-order chi connectivity index (χ1) is 14.8. The number of nitrogens with zero attached hydrogens (tertiary/aromatic N) is 1. The Morgan fingerprint density at radius 1 is 1.06 bits per heavy atom. The molecule has 2 aromatic rings. The van der Waals surface area contributed by atoms with Crippen molar-refractivity contribution in [1.29, 1.82) is 0 Å². The van der Waals surface area contributed by atoms with E-state index in [0.29, 0.717) is 17.2 Å². The number of carbonyl (C=O) groups is 2. The molecule has 1 N–H and O–H groups in total. The van der Waals surface area contributed by atoms with Gasteiger partial charge in [0.1, 0.15) is 5.60 Å². The lowest BCUT2D eigenvalue weighted by atomic mass is 10.0. The summed E-state index contributed by atoms with van der Waals surface area (Å²) in [5.74, 6) is 0.125. The molecule has 0 fully saturated rings. The SMILES string of the molecule is CCN(CC)c1ccc(NC(=O)COC(=O)COc2cccc3c2OC(C)(C)C3)cc1. The second-order valence-corrected chi connectivity index (χ2v) is 8.00. The Bertz CT molecular complexity index is 920. The molecule has 0 aromatic heterocycles. The van der Waals surface area contributed by atoms with Crippen molar-refractivity contribution >= 4 is 23.3 Å². The zero-order valence-electron chi connectivity index (χ0n) is 18.6. The van der Waals surface area contributed by atoms with E-state index in [0.717, 1.165) is 30.8 Å². The van der Waals surface area contributed by atoms with Gasteiger partial charge >= 0.3 is 5.97 Å². The van der Waals surface area contributed by atoms with Crippen molar-refractivity contribution in [3.63, 3.8) is 0 Å². The molecule has 0 saturated carbocycles. The van der Waals surface area contributed by atoms with E-state index < -0.39 is 11.9 Å². The Balaban J connectivity index is 1.44. The fraction of sp³-hybridized carbons (Fsp3) is 0.417. The quantitative estimate of drug-likeness (QED) is 0.615. The van der Waals surface area contributed by atoms with Crippen molar-refractivity contribution < 1.29 is 23.8 Å². The van der Waals surface area contributed by atoms with E-state index in [9.17, 15) is 9.59 Å². The predicted molar refractivity (Wildman–Crippen MR) is 120 cm³/mol. The van der Waals surface area contributed by atoms with Crippen molar-refractivity contribution in [1.82, 2.24) is 0 Å². The van der Waals surface area contributed by atoms with Crippen LogP contribution in [0.3, 0.4) is 0 Å². The van der Waals surface area contributed by atoms with Crippen LogP contribution in [-0.4, -0.2) is 43.8 Å². The van der Waals surface area contributed by atoms with Gasteiger partial charge in [0, 0.05) is 36.4 Å². The first-order valence-corrected chi connectivity index (χ1v) is 10.6. The summed E-state index contributed by atoms with van der Waals surface area (Å²) in [5.41, 5.74) is 2.48. The number of ether oxygens (including phenoxy) is 3. The molecular formula is C24H30N2O5. The Morgan fingerprint density at radius 3 is 2.45 bits per heavy atom. The predicted octanol–water partition coefficient (Wildman–Crippen LogP) is 3.81. The Hall–Kier alpha value is -3.22. The third kappa shape index (κ3) is 5.90. The van der Waals surface area contributed by atoms with Gasteiger partial charge in [0.2, 0.25) is 0 Å². The second-order valence-electron chi connectivity index (χ2n) is 8.00. The lowest BCUT2D eigenvalue weighted by Gasteiger charge is -2.21. The average molecular weight is 427 g/mol. The number of amides is 1. The highest BCUT2D eigenvalue weighted by Gasteiger charge is 2.32. The molecule has 31 heavy (non-hydrogen) atoms. The van der Waals surface area contributed by atoms with Crippen molar-refractivity contribution in [2.75, 3.05) is 36.5 Å². The van der Waals surface area contributed by atoms with Crippen molar-refractivity contribution in [3.05, 3.63) is 48.0 Å². The number of rotatable bonds is 9. The minimum atomic E-state index is -0.623. The van der Waals surface area contributed by atoms with E-state index in [2.05, 4.69) is 24.1 Å². The summed E-state index contributed by atoms with van der Waals surface area (Å²) >= 11 is 0. The third-order valence-electron chi connectivity index (χ3n) is 5.04. The van der Waals surface area contributed by atoms with Crippen LogP contribution in [0.2, 0.25) is 0 Å². The van der Waals surface area contributed by atoms with Gasteiger partial charge in [-0.2, -0.15) is 0 Å². The van der Waals surface area contributed by atoms with Crippen molar-refractivity contribution in [2.24, 2.45) is 0 Å². The molecule has 1 aliphatic heterocycles. The normalized spacial score (nSPS) is 13.7. The molecule has 0 radical (unpaired) electrons. The van der Waals surface area contributed by atoms with Crippen LogP contribution >= 0.6 is 0 Å². The standard InChI is InChI=1S/C24H30N2O5/c1-5-26(6-2)19-12-10-18(11-13-19)25-21(27)15-30-22(28)16-29-20-9-7-8-17-14-24(3,4)31-23(17)20/h7-13H,5-6,14-16H2,1-4H3,(H,25,27). The summed E-state index contributed by atoms with van der Waals surface area (Å²) in [5, 5.41) is 2.72. The lowest BCUT2D eigenvalue weighted by Crippen LogP contribution is -2.25. The van der Waals surface area contributed by atoms with E-state index in [1.54, 1.807) is 6.07 Å². The first kappa shape index (κ1) is 22.5. The van der Waals surface area contributed by atoms with Crippen LogP contribution in [0.1, 0.15) is 33.3 Å². The van der Waals surface area contributed by atoms with Gasteiger partial charge in [-0.05, 0) is 58.0 Å². The molecule has 1 heterocycles. The van der Waals surface area contributed by atoms with Gasteiger partial charge in [-0.3, -0.25) is 4.79 Å². The highest BCUT2D eigenvalue weighted by molar-refractivity contribution is 5.93. The zero-order valence-corrected chi connectivity index (χ0v) is 18.6. The van der Waals surface area contributed by atoms with Crippen molar-refractivity contribution in [3.8, 4) is 11.5 Å². The minimum Gasteiger partial charge on any atom is -0.483 e. The summed E-state index contributed by atoms with van der Waals surface area (Å²) in [6.45, 7) is 9.34. The molecule has 0 bridgehead atoms. The Kier molecular flexibility index (Phi) is 7.05. The number of hydrogen-bond acceptors (Lipinski definition) is 6. The molecule has 0 unspecified atom stereocenters. The first-order valence-electron chi connectivity index (χ1n) is 10.6. The number of nitrogens with one attached hydrogen (secondary N) is 1. The molecule has 1 aliphatic rings. The molecule has 0 aliphatic carbocycles. The number of esters is 1. The minimum absolute atomic E-state index is 0.300. The average Bonchev–Trinajstić information content (AvgIpc) is 3.07. The number of carbonyl (C=O) groups excluding carboxylic acids is 2. The molecule has 166 valence electrons. The fourth-order valence-corrected chi connectivity index (χ4v) is 3.57. The molecule has 7 heteroatoms. The van der Waals surface area contributed by atoms with Gasteiger partial charge in [0.15, 0.2) is 24.7 Å². The van der Waals surface area contributed by atoms with E-state index in [-0.39, 0.29) is 18.8 Å². The number of benzene rings is 2. The van der Waals surface area contributed by atoms with Crippen LogP contribution in [-0.2, 0) is 20.7 Å². The van der Waals surface area contributed by atoms with Gasteiger partial charge in [-0.15, -0.1) is 0 Å². The number of anilines is 2. The number of hydrogen-bond donors (Lipinski definition) is 1. The van der Waals surface area contributed by atoms with Crippen LogP contribution in [0, 0.1) is 0 Å². The Labute approximate surface area is 183 Å². The van der Waals surface area contributed by atoms with Crippen LogP contribution < -0.4 is 19.7 Å². The molecule has 1 amide bonds. The maximum Gasteiger partial charge on any atom is 0.344 e. The summed E-state index contributed by atoms with van der Waals surface area (Å²) in [6.07, 6.45) is 0.778. The largest absolute Gasteiger partial charge is 0.483 e. The van der Waals surface area contributed by atoms with E-state index in [1.165, 1.54) is 0 Å². The van der Waals surface area contributed by atoms with Gasteiger partial charge in [-0.25, -0.2) is 4.79 Å². The smallest absolute Gasteiger partial charge is 0.344 e.